The second kappa shape index (κ2) is 12.1. The number of carbonyl (C=O) groups is 1. The third kappa shape index (κ3) is 6.63. The Morgan fingerprint density at radius 2 is 1.37 bits per heavy atom. The fourth-order valence-electron chi connectivity index (χ4n) is 4.06. The standard InChI is InChI=1S/C31H33N3O/c1-3-5-9-23-13-17-27(18-14-23)32-31(35)26-21-25-11-7-8-12-29(25)30(22-26)34-33-28-19-15-24(16-20-28)10-6-4-2/h7-8,11-22H,3-6,9-10H2,1-2H3,(H,32,35). The van der Waals surface area contributed by atoms with Gasteiger partial charge in [0.25, 0.3) is 5.91 Å². The normalized spacial score (nSPS) is 11.3. The van der Waals surface area contributed by atoms with Gasteiger partial charge in [-0.2, -0.15) is 5.11 Å². The van der Waals surface area contributed by atoms with E-state index in [1.165, 1.54) is 36.8 Å². The minimum absolute atomic E-state index is 0.159. The fourth-order valence-corrected chi connectivity index (χ4v) is 4.06. The van der Waals surface area contributed by atoms with Gasteiger partial charge >= 0.3 is 0 Å². The monoisotopic (exact) mass is 463 g/mol. The molecule has 4 aromatic carbocycles. The van der Waals surface area contributed by atoms with Crippen molar-refractivity contribution < 1.29 is 4.79 Å². The molecule has 0 bridgehead atoms. The molecule has 0 aliphatic rings. The first-order valence-electron chi connectivity index (χ1n) is 12.6. The summed E-state index contributed by atoms with van der Waals surface area (Å²) in [5.41, 5.74) is 5.42. The third-order valence-corrected chi connectivity index (χ3v) is 6.16. The molecule has 0 atom stereocenters. The Balaban J connectivity index is 1.55. The molecule has 178 valence electrons. The van der Waals surface area contributed by atoms with Gasteiger partial charge in [-0.1, -0.05) is 75.2 Å². The summed E-state index contributed by atoms with van der Waals surface area (Å²) in [6.45, 7) is 4.39. The van der Waals surface area contributed by atoms with Crippen LogP contribution in [0.15, 0.2) is 95.2 Å². The zero-order chi connectivity index (χ0) is 24.5. The van der Waals surface area contributed by atoms with E-state index in [-0.39, 0.29) is 5.91 Å². The Kier molecular flexibility index (Phi) is 8.39. The van der Waals surface area contributed by atoms with Crippen molar-refractivity contribution in [1.29, 1.82) is 0 Å². The Labute approximate surface area is 208 Å². The minimum Gasteiger partial charge on any atom is -0.322 e. The van der Waals surface area contributed by atoms with Crippen LogP contribution < -0.4 is 5.32 Å². The van der Waals surface area contributed by atoms with Crippen molar-refractivity contribution in [3.8, 4) is 0 Å². The first-order valence-corrected chi connectivity index (χ1v) is 12.6. The molecule has 0 aromatic heterocycles. The quantitative estimate of drug-likeness (QED) is 0.234. The molecule has 35 heavy (non-hydrogen) atoms. The first kappa shape index (κ1) is 24.3. The van der Waals surface area contributed by atoms with Crippen LogP contribution in [0.3, 0.4) is 0 Å². The van der Waals surface area contributed by atoms with Crippen LogP contribution in [0.2, 0.25) is 0 Å². The molecule has 1 N–H and O–H groups in total. The Hall–Kier alpha value is -3.79. The van der Waals surface area contributed by atoms with Gasteiger partial charge in [0, 0.05) is 16.6 Å². The summed E-state index contributed by atoms with van der Waals surface area (Å²) in [4.78, 5) is 13.1. The number of hydrogen-bond donors (Lipinski definition) is 1. The Morgan fingerprint density at radius 1 is 0.743 bits per heavy atom. The molecule has 1 amide bonds. The molecule has 0 saturated heterocycles. The number of nitrogens with zero attached hydrogens (tertiary/aromatic N) is 2. The smallest absolute Gasteiger partial charge is 0.255 e. The van der Waals surface area contributed by atoms with Crippen LogP contribution in [0.1, 0.15) is 61.0 Å². The summed E-state index contributed by atoms with van der Waals surface area (Å²) in [5, 5.41) is 13.9. The second-order valence-corrected chi connectivity index (χ2v) is 8.94. The maximum Gasteiger partial charge on any atom is 0.255 e. The van der Waals surface area contributed by atoms with Gasteiger partial charge in [-0.05, 0) is 78.6 Å². The lowest BCUT2D eigenvalue weighted by Gasteiger charge is -2.09. The molecular weight excluding hydrogens is 430 g/mol. The van der Waals surface area contributed by atoms with E-state index in [1.54, 1.807) is 0 Å². The van der Waals surface area contributed by atoms with Gasteiger partial charge in [-0.25, -0.2) is 0 Å². The maximum absolute atomic E-state index is 13.1. The number of benzene rings is 4. The highest BCUT2D eigenvalue weighted by Crippen LogP contribution is 2.30. The average molecular weight is 464 g/mol. The van der Waals surface area contributed by atoms with Crippen LogP contribution in [-0.4, -0.2) is 5.91 Å². The zero-order valence-electron chi connectivity index (χ0n) is 20.6. The number of carbonyl (C=O) groups excluding carboxylic acids is 1. The predicted octanol–water partition coefficient (Wildman–Crippen LogP) is 9.19. The summed E-state index contributed by atoms with van der Waals surface area (Å²) in [5.74, 6) is -0.159. The topological polar surface area (TPSA) is 53.8 Å². The summed E-state index contributed by atoms with van der Waals surface area (Å²) in [6, 6.07) is 28.0. The number of anilines is 1. The molecule has 0 saturated carbocycles. The molecule has 0 spiro atoms. The number of fused-ring (bicyclic) bond motifs is 1. The highest BCUT2D eigenvalue weighted by atomic mass is 16.1. The number of amides is 1. The number of nitrogens with one attached hydrogen (secondary N) is 1. The van der Waals surface area contributed by atoms with Crippen molar-refractivity contribution in [2.24, 2.45) is 10.2 Å². The molecule has 0 heterocycles. The van der Waals surface area contributed by atoms with Crippen LogP contribution in [0.4, 0.5) is 17.1 Å². The Bertz CT molecular complexity index is 1290. The highest BCUT2D eigenvalue weighted by Gasteiger charge is 2.11. The summed E-state index contributed by atoms with van der Waals surface area (Å²) >= 11 is 0. The average Bonchev–Trinajstić information content (AvgIpc) is 2.90. The van der Waals surface area contributed by atoms with E-state index in [2.05, 4.69) is 53.7 Å². The molecule has 0 aliphatic heterocycles. The molecule has 4 nitrogen and oxygen atoms in total. The molecular formula is C31H33N3O. The lowest BCUT2D eigenvalue weighted by atomic mass is 10.0. The number of aryl methyl sites for hydroxylation is 2. The van der Waals surface area contributed by atoms with Gasteiger partial charge in [0.05, 0.1) is 11.4 Å². The van der Waals surface area contributed by atoms with Crippen LogP contribution in [0.25, 0.3) is 10.8 Å². The summed E-state index contributed by atoms with van der Waals surface area (Å²) in [7, 11) is 0. The maximum atomic E-state index is 13.1. The molecule has 4 rings (SSSR count). The van der Waals surface area contributed by atoms with Crippen LogP contribution in [-0.2, 0) is 12.8 Å². The van der Waals surface area contributed by atoms with E-state index in [9.17, 15) is 4.79 Å². The lowest BCUT2D eigenvalue weighted by molar-refractivity contribution is 0.102. The van der Waals surface area contributed by atoms with Gasteiger partial charge < -0.3 is 5.32 Å². The van der Waals surface area contributed by atoms with Crippen LogP contribution in [0.5, 0.6) is 0 Å². The van der Waals surface area contributed by atoms with Crippen molar-refractivity contribution in [2.45, 2.75) is 52.4 Å². The zero-order valence-corrected chi connectivity index (χ0v) is 20.6. The van der Waals surface area contributed by atoms with Gasteiger partial charge in [0.15, 0.2) is 0 Å². The molecule has 0 fully saturated rings. The van der Waals surface area contributed by atoms with Crippen molar-refractivity contribution >= 4 is 33.7 Å². The molecule has 4 heteroatoms. The van der Waals surface area contributed by atoms with Crippen molar-refractivity contribution in [1.82, 2.24) is 0 Å². The van der Waals surface area contributed by atoms with Gasteiger partial charge in [-0.3, -0.25) is 4.79 Å². The van der Waals surface area contributed by atoms with E-state index < -0.39 is 0 Å². The van der Waals surface area contributed by atoms with Crippen LogP contribution >= 0.6 is 0 Å². The van der Waals surface area contributed by atoms with Crippen LogP contribution in [0, 0.1) is 0 Å². The van der Waals surface area contributed by atoms with E-state index in [0.717, 1.165) is 35.0 Å². The van der Waals surface area contributed by atoms with E-state index >= 15 is 0 Å². The van der Waals surface area contributed by atoms with E-state index in [1.807, 2.05) is 60.7 Å². The summed E-state index contributed by atoms with van der Waals surface area (Å²) < 4.78 is 0. The molecule has 0 unspecified atom stereocenters. The first-order chi connectivity index (χ1) is 17.2. The molecule has 4 aromatic rings. The Morgan fingerprint density at radius 3 is 2.03 bits per heavy atom. The van der Waals surface area contributed by atoms with E-state index in [4.69, 9.17) is 0 Å². The van der Waals surface area contributed by atoms with E-state index in [0.29, 0.717) is 11.3 Å². The van der Waals surface area contributed by atoms with Gasteiger partial charge in [0.1, 0.15) is 0 Å². The van der Waals surface area contributed by atoms with Gasteiger partial charge in [-0.15, -0.1) is 5.11 Å². The molecule has 0 aliphatic carbocycles. The number of rotatable bonds is 10. The van der Waals surface area contributed by atoms with Gasteiger partial charge in [0.2, 0.25) is 0 Å². The molecule has 0 radical (unpaired) electrons. The summed E-state index contributed by atoms with van der Waals surface area (Å²) in [6.07, 6.45) is 6.85. The largest absolute Gasteiger partial charge is 0.322 e. The predicted molar refractivity (Wildman–Crippen MR) is 146 cm³/mol. The second-order valence-electron chi connectivity index (χ2n) is 8.94. The highest BCUT2D eigenvalue weighted by molar-refractivity contribution is 6.08. The van der Waals surface area contributed by atoms with Crippen molar-refractivity contribution in [3.63, 3.8) is 0 Å². The lowest BCUT2D eigenvalue weighted by Crippen LogP contribution is -2.11. The number of unbranched alkanes of at least 4 members (excludes halogenated alkanes) is 2. The SMILES string of the molecule is CCCCc1ccc(N=Nc2cc(C(=O)Nc3ccc(CCCC)cc3)cc3ccccc23)cc1. The minimum atomic E-state index is -0.159. The number of hydrogen-bond acceptors (Lipinski definition) is 3. The third-order valence-electron chi connectivity index (χ3n) is 6.16. The number of azo groups is 1. The van der Waals surface area contributed by atoms with Crippen molar-refractivity contribution in [2.75, 3.05) is 5.32 Å². The van der Waals surface area contributed by atoms with Crippen molar-refractivity contribution in [3.05, 3.63) is 102 Å². The fraction of sp³-hybridized carbons (Fsp3) is 0.258.